The van der Waals surface area contributed by atoms with Crippen LogP contribution in [0.25, 0.3) is 21.8 Å². The molecule has 0 saturated carbocycles. The van der Waals surface area contributed by atoms with Gasteiger partial charge in [-0.3, -0.25) is 0 Å². The molecule has 3 aromatic rings. The number of hydrazone groups is 1. The van der Waals surface area contributed by atoms with E-state index in [1.54, 1.807) is 0 Å². The Hall–Kier alpha value is -1.91. The van der Waals surface area contributed by atoms with E-state index in [1.807, 2.05) is 36.4 Å². The van der Waals surface area contributed by atoms with Gasteiger partial charge in [-0.15, -0.1) is 0 Å². The van der Waals surface area contributed by atoms with Gasteiger partial charge < -0.3 is 16.1 Å². The lowest BCUT2D eigenvalue weighted by Gasteiger charge is -2.07. The maximum absolute atomic E-state index is 6.12. The van der Waals surface area contributed by atoms with Crippen molar-refractivity contribution in [2.75, 3.05) is 0 Å². The molecule has 0 radical (unpaired) electrons. The first-order valence-corrected chi connectivity index (χ1v) is 7.25. The molecule has 0 amide bonds. The third-order valence-corrected chi connectivity index (χ3v) is 4.02. The molecule has 21 heavy (non-hydrogen) atoms. The second-order valence-corrected chi connectivity index (χ2v) is 5.72. The van der Waals surface area contributed by atoms with Crippen LogP contribution in [-0.4, -0.2) is 10.4 Å². The molecule has 0 aliphatic rings. The number of aromatic nitrogens is 1. The van der Waals surface area contributed by atoms with Gasteiger partial charge in [-0.1, -0.05) is 23.2 Å². The fourth-order valence-electron chi connectivity index (χ4n) is 2.58. The van der Waals surface area contributed by atoms with Crippen molar-refractivity contribution in [1.29, 1.82) is 0 Å². The van der Waals surface area contributed by atoms with Crippen LogP contribution in [0, 0.1) is 0 Å². The lowest BCUT2D eigenvalue weighted by atomic mass is 10.1. The van der Waals surface area contributed by atoms with Gasteiger partial charge in [0.25, 0.3) is 0 Å². The first-order chi connectivity index (χ1) is 10.1. The summed E-state index contributed by atoms with van der Waals surface area (Å²) in [6, 6.07) is 11.7. The number of nitrogens with two attached hydrogens (primary N) is 2. The van der Waals surface area contributed by atoms with Crippen molar-refractivity contribution in [3.8, 4) is 0 Å². The summed E-state index contributed by atoms with van der Waals surface area (Å²) < 4.78 is 2.18. The van der Waals surface area contributed by atoms with Crippen LogP contribution in [0.3, 0.4) is 0 Å². The van der Waals surface area contributed by atoms with Crippen molar-refractivity contribution in [3.05, 3.63) is 46.4 Å². The Morgan fingerprint density at radius 2 is 1.52 bits per heavy atom. The Morgan fingerprint density at radius 3 is 2.00 bits per heavy atom. The molecule has 1 aromatic heterocycles. The second-order valence-electron chi connectivity index (χ2n) is 4.85. The van der Waals surface area contributed by atoms with E-state index in [0.717, 1.165) is 21.8 Å². The largest absolute Gasteiger partial charge is 0.386 e. The monoisotopic (exact) mass is 320 g/mol. The average molecular weight is 321 g/mol. The van der Waals surface area contributed by atoms with Gasteiger partial charge in [-0.2, -0.15) is 5.10 Å². The van der Waals surface area contributed by atoms with Gasteiger partial charge >= 0.3 is 0 Å². The molecule has 3 rings (SSSR count). The number of fused-ring (bicyclic) bond motifs is 3. The lowest BCUT2D eigenvalue weighted by Crippen LogP contribution is -2.16. The zero-order valence-corrected chi connectivity index (χ0v) is 12.7. The summed E-state index contributed by atoms with van der Waals surface area (Å²) >= 11 is 12.2. The van der Waals surface area contributed by atoms with Gasteiger partial charge in [0.2, 0.25) is 0 Å². The van der Waals surface area contributed by atoms with Crippen LogP contribution < -0.4 is 11.6 Å². The molecule has 108 valence electrons. The van der Waals surface area contributed by atoms with Crippen LogP contribution >= 0.6 is 23.2 Å². The van der Waals surface area contributed by atoms with Crippen molar-refractivity contribution < 1.29 is 0 Å². The van der Waals surface area contributed by atoms with E-state index >= 15 is 0 Å². The minimum absolute atomic E-state index is 0.424. The number of nitrogens with zero attached hydrogens (tertiary/aromatic N) is 2. The zero-order valence-electron chi connectivity index (χ0n) is 11.2. The zero-order chi connectivity index (χ0) is 15.0. The Balaban J connectivity index is 2.24. The minimum atomic E-state index is 0.424. The van der Waals surface area contributed by atoms with Crippen LogP contribution in [0.4, 0.5) is 0 Å². The molecule has 1 heterocycles. The molecule has 0 atom stereocenters. The maximum Gasteiger partial charge on any atom is 0.121 e. The average Bonchev–Trinajstić information content (AvgIpc) is 2.77. The van der Waals surface area contributed by atoms with Gasteiger partial charge in [0.15, 0.2) is 0 Å². The molecule has 0 fully saturated rings. The third kappa shape index (κ3) is 2.52. The normalized spacial score (nSPS) is 12.4. The molecule has 6 heteroatoms. The van der Waals surface area contributed by atoms with E-state index in [4.69, 9.17) is 34.8 Å². The van der Waals surface area contributed by atoms with Crippen LogP contribution in [0.2, 0.25) is 10.0 Å². The van der Waals surface area contributed by atoms with Crippen molar-refractivity contribution in [2.45, 2.75) is 13.0 Å². The van der Waals surface area contributed by atoms with E-state index in [2.05, 4.69) is 9.67 Å². The van der Waals surface area contributed by atoms with Crippen LogP contribution in [0.5, 0.6) is 0 Å². The van der Waals surface area contributed by atoms with E-state index in [9.17, 15) is 0 Å². The topological polar surface area (TPSA) is 69.3 Å². The molecule has 0 aliphatic carbocycles. The van der Waals surface area contributed by atoms with Gasteiger partial charge in [0.1, 0.15) is 5.84 Å². The summed E-state index contributed by atoms with van der Waals surface area (Å²) in [5.74, 6) is 5.62. The van der Waals surface area contributed by atoms with E-state index in [1.165, 1.54) is 0 Å². The van der Waals surface area contributed by atoms with Gasteiger partial charge in [-0.05, 0) is 36.4 Å². The quantitative estimate of drug-likeness (QED) is 0.334. The summed E-state index contributed by atoms with van der Waals surface area (Å²) in [6.07, 6.45) is 0.584. The minimum Gasteiger partial charge on any atom is -0.386 e. The molecule has 2 aromatic carbocycles. The number of aryl methyl sites for hydroxylation is 1. The Kier molecular flexibility index (Phi) is 3.66. The van der Waals surface area contributed by atoms with E-state index < -0.39 is 0 Å². The second kappa shape index (κ2) is 5.47. The first kappa shape index (κ1) is 14.0. The molecule has 4 nitrogen and oxygen atoms in total. The number of halogens is 2. The lowest BCUT2D eigenvalue weighted by molar-refractivity contribution is 0.775. The summed E-state index contributed by atoms with van der Waals surface area (Å²) in [4.78, 5) is 0. The van der Waals surface area contributed by atoms with Crippen LogP contribution in [-0.2, 0) is 6.54 Å². The molecule has 0 aliphatic heterocycles. The molecule has 0 saturated heterocycles. The Labute approximate surface area is 131 Å². The van der Waals surface area contributed by atoms with Crippen LogP contribution in [0.1, 0.15) is 6.42 Å². The summed E-state index contributed by atoms with van der Waals surface area (Å²) in [5.41, 5.74) is 7.86. The number of amidine groups is 1. The van der Waals surface area contributed by atoms with Gasteiger partial charge in [-0.25, -0.2) is 0 Å². The number of hydrogen-bond donors (Lipinski definition) is 2. The fraction of sp³-hybridized carbons (Fsp3) is 0.133. The Bertz CT molecular complexity index is 792. The van der Waals surface area contributed by atoms with Crippen LogP contribution in [0.15, 0.2) is 41.5 Å². The smallest absolute Gasteiger partial charge is 0.121 e. The summed E-state index contributed by atoms with van der Waals surface area (Å²) in [7, 11) is 0. The van der Waals surface area contributed by atoms with Crippen molar-refractivity contribution in [1.82, 2.24) is 4.57 Å². The molecule has 4 N–H and O–H groups in total. The first-order valence-electron chi connectivity index (χ1n) is 6.49. The Morgan fingerprint density at radius 1 is 1.00 bits per heavy atom. The van der Waals surface area contributed by atoms with E-state index in [-0.39, 0.29) is 0 Å². The SMILES string of the molecule is N/N=C(\N)CCn1c2ccc(Cl)cc2c2cc(Cl)ccc21. The van der Waals surface area contributed by atoms with E-state index in [0.29, 0.717) is 28.8 Å². The molecular weight excluding hydrogens is 307 g/mol. The number of hydrogen-bond acceptors (Lipinski definition) is 2. The summed E-state index contributed by atoms with van der Waals surface area (Å²) in [6.45, 7) is 0.690. The van der Waals surface area contributed by atoms with Gasteiger partial charge in [0, 0.05) is 44.8 Å². The standard InChI is InChI=1S/C15H14Cl2N4/c16-9-1-3-13-11(7-9)12-8-10(17)2-4-14(12)21(13)6-5-15(18)20-19/h1-4,7-8H,5-6,19H2,(H2,18,20). The van der Waals surface area contributed by atoms with Crippen molar-refractivity contribution >= 4 is 50.8 Å². The van der Waals surface area contributed by atoms with Gasteiger partial charge in [0.05, 0.1) is 0 Å². The predicted molar refractivity (Wildman–Crippen MR) is 89.9 cm³/mol. The predicted octanol–water partition coefficient (Wildman–Crippen LogP) is 3.72. The van der Waals surface area contributed by atoms with Crippen molar-refractivity contribution in [3.63, 3.8) is 0 Å². The number of benzene rings is 2. The summed E-state index contributed by atoms with van der Waals surface area (Å²) in [5, 5.41) is 7.06. The fourth-order valence-corrected chi connectivity index (χ4v) is 2.92. The number of rotatable bonds is 3. The molecule has 0 bridgehead atoms. The molecular formula is C15H14Cl2N4. The highest BCUT2D eigenvalue weighted by molar-refractivity contribution is 6.33. The molecule has 0 spiro atoms. The highest BCUT2D eigenvalue weighted by Gasteiger charge is 2.11. The third-order valence-electron chi connectivity index (χ3n) is 3.55. The molecule has 0 unspecified atom stereocenters. The van der Waals surface area contributed by atoms with Crippen molar-refractivity contribution in [2.24, 2.45) is 16.7 Å². The highest BCUT2D eigenvalue weighted by atomic mass is 35.5. The maximum atomic E-state index is 6.12. The highest BCUT2D eigenvalue weighted by Crippen LogP contribution is 2.32.